The number of nitrogens with zero attached hydrogens (tertiary/aromatic N) is 3. The molecule has 2 aromatic heterocycles. The molecule has 1 aromatic carbocycles. The fourth-order valence-corrected chi connectivity index (χ4v) is 3.90. The minimum absolute atomic E-state index is 0.0861. The molecule has 0 N–H and O–H groups in total. The highest BCUT2D eigenvalue weighted by Gasteiger charge is 2.28. The number of ketones is 1. The zero-order valence-electron chi connectivity index (χ0n) is 15.2. The molecule has 1 saturated carbocycles. The van der Waals surface area contributed by atoms with Crippen molar-refractivity contribution in [2.45, 2.75) is 38.8 Å². The van der Waals surface area contributed by atoms with Gasteiger partial charge in [0.05, 0.1) is 6.57 Å². The lowest BCUT2D eigenvalue weighted by Gasteiger charge is -2.23. The first-order valence-corrected chi connectivity index (χ1v) is 9.21. The van der Waals surface area contributed by atoms with Gasteiger partial charge in [-0.25, -0.2) is 14.2 Å². The predicted octanol–water partition coefficient (Wildman–Crippen LogP) is 5.60. The summed E-state index contributed by atoms with van der Waals surface area (Å²) in [5.41, 5.74) is 3.86. The van der Waals surface area contributed by atoms with Crippen LogP contribution in [0.3, 0.4) is 0 Å². The van der Waals surface area contributed by atoms with Gasteiger partial charge in [-0.1, -0.05) is 12.1 Å². The molecule has 0 bridgehead atoms. The number of aromatic nitrogens is 2. The molecule has 1 aliphatic rings. The average Bonchev–Trinajstić information content (AvgIpc) is 3.13. The zero-order chi connectivity index (χ0) is 19.0. The molecule has 0 spiro atoms. The summed E-state index contributed by atoms with van der Waals surface area (Å²) >= 11 is 0. The molecule has 136 valence electrons. The number of Topliss-reactive ketones (excluding diaryl/α,β-unsaturated/α-hetero) is 1. The first-order chi connectivity index (χ1) is 13.1. The van der Waals surface area contributed by atoms with Gasteiger partial charge in [-0.3, -0.25) is 4.79 Å². The van der Waals surface area contributed by atoms with Crippen molar-refractivity contribution >= 4 is 22.5 Å². The summed E-state index contributed by atoms with van der Waals surface area (Å²) in [6.45, 7) is 9.01. The van der Waals surface area contributed by atoms with E-state index in [1.54, 1.807) is 18.3 Å². The number of rotatable bonds is 3. The highest BCUT2D eigenvalue weighted by atomic mass is 19.1. The van der Waals surface area contributed by atoms with E-state index in [0.29, 0.717) is 36.9 Å². The SMILES string of the molecule is [C-]#[N+]c1ccc(-n2ccc3c(C)c(C(=O)C4CCC(F)CC4)cnc32)cc1. The quantitative estimate of drug-likeness (QED) is 0.450. The van der Waals surface area contributed by atoms with Gasteiger partial charge in [-0.05, 0) is 56.4 Å². The Kier molecular flexibility index (Phi) is 4.49. The predicted molar refractivity (Wildman–Crippen MR) is 103 cm³/mol. The van der Waals surface area contributed by atoms with E-state index in [9.17, 15) is 9.18 Å². The summed E-state index contributed by atoms with van der Waals surface area (Å²) in [5, 5.41) is 0.939. The van der Waals surface area contributed by atoms with Crippen molar-refractivity contribution in [2.24, 2.45) is 5.92 Å². The van der Waals surface area contributed by atoms with Crippen molar-refractivity contribution in [3.05, 3.63) is 65.3 Å². The Bertz CT molecular complexity index is 1040. The van der Waals surface area contributed by atoms with Crippen molar-refractivity contribution < 1.29 is 9.18 Å². The average molecular weight is 361 g/mol. The second kappa shape index (κ2) is 6.96. The largest absolute Gasteiger partial charge is 0.301 e. The molecule has 0 radical (unpaired) electrons. The Morgan fingerprint density at radius 3 is 2.56 bits per heavy atom. The van der Waals surface area contributed by atoms with E-state index in [0.717, 1.165) is 22.3 Å². The molecule has 0 unspecified atom stereocenters. The van der Waals surface area contributed by atoms with Crippen LogP contribution in [0, 0.1) is 19.4 Å². The van der Waals surface area contributed by atoms with Crippen molar-refractivity contribution in [3.63, 3.8) is 0 Å². The van der Waals surface area contributed by atoms with E-state index in [2.05, 4.69) is 9.83 Å². The topological polar surface area (TPSA) is 39.2 Å². The van der Waals surface area contributed by atoms with Gasteiger partial charge in [0.25, 0.3) is 0 Å². The molecule has 27 heavy (non-hydrogen) atoms. The van der Waals surface area contributed by atoms with Crippen LogP contribution in [0.1, 0.15) is 41.6 Å². The molecular weight excluding hydrogens is 341 g/mol. The maximum Gasteiger partial charge on any atom is 0.187 e. The van der Waals surface area contributed by atoms with Gasteiger partial charge in [0, 0.05) is 34.9 Å². The van der Waals surface area contributed by atoms with Crippen LogP contribution in [0.2, 0.25) is 0 Å². The number of hydrogen-bond acceptors (Lipinski definition) is 2. The van der Waals surface area contributed by atoms with Crippen molar-refractivity contribution in [1.82, 2.24) is 9.55 Å². The minimum atomic E-state index is -0.765. The summed E-state index contributed by atoms with van der Waals surface area (Å²) in [7, 11) is 0. The van der Waals surface area contributed by atoms with E-state index < -0.39 is 6.17 Å². The van der Waals surface area contributed by atoms with Gasteiger partial charge < -0.3 is 4.57 Å². The number of benzene rings is 1. The Morgan fingerprint density at radius 2 is 1.89 bits per heavy atom. The molecule has 0 aliphatic heterocycles. The first kappa shape index (κ1) is 17.4. The van der Waals surface area contributed by atoms with E-state index in [4.69, 9.17) is 6.57 Å². The van der Waals surface area contributed by atoms with Gasteiger partial charge >= 0.3 is 0 Å². The second-order valence-corrected chi connectivity index (χ2v) is 7.16. The highest BCUT2D eigenvalue weighted by Crippen LogP contribution is 2.31. The van der Waals surface area contributed by atoms with Crippen molar-refractivity contribution in [2.75, 3.05) is 0 Å². The van der Waals surface area contributed by atoms with E-state index >= 15 is 0 Å². The number of carbonyl (C=O) groups excluding carboxylic acids is 1. The summed E-state index contributed by atoms with van der Waals surface area (Å²) in [5.74, 6) is -0.0128. The molecule has 0 amide bonds. The second-order valence-electron chi connectivity index (χ2n) is 7.16. The van der Waals surface area contributed by atoms with Gasteiger partial charge in [-0.2, -0.15) is 0 Å². The third-order valence-corrected chi connectivity index (χ3v) is 5.53. The Balaban J connectivity index is 1.69. The fourth-order valence-electron chi connectivity index (χ4n) is 3.90. The van der Waals surface area contributed by atoms with Gasteiger partial charge in [0.15, 0.2) is 11.5 Å². The summed E-state index contributed by atoms with van der Waals surface area (Å²) < 4.78 is 15.3. The van der Waals surface area contributed by atoms with Crippen LogP contribution >= 0.6 is 0 Å². The molecular formula is C22H20FN3O. The molecule has 1 aliphatic carbocycles. The molecule has 2 heterocycles. The molecule has 3 aromatic rings. The van der Waals surface area contributed by atoms with Crippen molar-refractivity contribution in [1.29, 1.82) is 0 Å². The third-order valence-electron chi connectivity index (χ3n) is 5.53. The molecule has 0 atom stereocenters. The number of halogens is 1. The number of aryl methyl sites for hydroxylation is 1. The van der Waals surface area contributed by atoms with Crippen LogP contribution in [-0.2, 0) is 0 Å². The monoisotopic (exact) mass is 361 g/mol. The smallest absolute Gasteiger partial charge is 0.187 e. The lowest BCUT2D eigenvalue weighted by atomic mass is 9.82. The first-order valence-electron chi connectivity index (χ1n) is 9.21. The number of fused-ring (bicyclic) bond motifs is 1. The van der Waals surface area contributed by atoms with E-state index in [1.807, 2.05) is 35.9 Å². The van der Waals surface area contributed by atoms with Crippen molar-refractivity contribution in [3.8, 4) is 5.69 Å². The zero-order valence-corrected chi connectivity index (χ0v) is 15.2. The lowest BCUT2D eigenvalue weighted by molar-refractivity contribution is 0.0857. The highest BCUT2D eigenvalue weighted by molar-refractivity contribution is 6.02. The van der Waals surface area contributed by atoms with Crippen LogP contribution in [-0.4, -0.2) is 21.5 Å². The number of hydrogen-bond donors (Lipinski definition) is 0. The molecule has 1 fully saturated rings. The third kappa shape index (κ3) is 3.12. The molecule has 4 rings (SSSR count). The molecule has 5 heteroatoms. The van der Waals surface area contributed by atoms with Gasteiger partial charge in [0.1, 0.15) is 11.8 Å². The Hall–Kier alpha value is -3.00. The molecule has 0 saturated heterocycles. The number of pyridine rings is 1. The number of carbonyl (C=O) groups is 1. The van der Waals surface area contributed by atoms with Crippen LogP contribution in [0.25, 0.3) is 21.6 Å². The molecule has 4 nitrogen and oxygen atoms in total. The number of alkyl halides is 1. The van der Waals surface area contributed by atoms with Gasteiger partial charge in [-0.15, -0.1) is 0 Å². The van der Waals surface area contributed by atoms with Crippen LogP contribution in [0.4, 0.5) is 10.1 Å². The van der Waals surface area contributed by atoms with E-state index in [-0.39, 0.29) is 11.7 Å². The van der Waals surface area contributed by atoms with Crippen LogP contribution < -0.4 is 0 Å². The maximum atomic E-state index is 13.4. The Labute approximate surface area is 157 Å². The maximum absolute atomic E-state index is 13.4. The standard InChI is InChI=1S/C22H20FN3O/c1-14-19-11-12-26(18-9-7-17(24-2)8-10-18)22(19)25-13-20(14)21(27)15-3-5-16(23)6-4-15/h7-13,15-16H,3-6H2,1H3. The normalized spacial score (nSPS) is 19.7. The summed E-state index contributed by atoms with van der Waals surface area (Å²) in [4.78, 5) is 20.9. The van der Waals surface area contributed by atoms with Gasteiger partial charge in [0.2, 0.25) is 0 Å². The summed E-state index contributed by atoms with van der Waals surface area (Å²) in [6, 6.07) is 9.30. The Morgan fingerprint density at radius 1 is 1.19 bits per heavy atom. The summed E-state index contributed by atoms with van der Waals surface area (Å²) in [6.07, 6.45) is 5.01. The lowest BCUT2D eigenvalue weighted by Crippen LogP contribution is -2.23. The fraction of sp³-hybridized carbons (Fsp3) is 0.318. The van der Waals surface area contributed by atoms with Crippen LogP contribution in [0.15, 0.2) is 42.7 Å². The van der Waals surface area contributed by atoms with Crippen LogP contribution in [0.5, 0.6) is 0 Å². The minimum Gasteiger partial charge on any atom is -0.301 e. The van der Waals surface area contributed by atoms with E-state index in [1.165, 1.54) is 0 Å².